The van der Waals surface area contributed by atoms with E-state index < -0.39 is 0 Å². The second kappa shape index (κ2) is 3.28. The summed E-state index contributed by atoms with van der Waals surface area (Å²) in [5, 5.41) is 5.70. The highest BCUT2D eigenvalue weighted by Gasteiger charge is 2.08. The number of aromatic nitrogens is 2. The third-order valence-corrected chi connectivity index (χ3v) is 2.61. The van der Waals surface area contributed by atoms with Gasteiger partial charge in [-0.25, -0.2) is 0 Å². The lowest BCUT2D eigenvalue weighted by Gasteiger charge is -2.15. The van der Waals surface area contributed by atoms with Gasteiger partial charge in [0.05, 0.1) is 11.4 Å². The molecule has 3 heteroatoms. The number of H-pyrrole nitrogens is 1. The monoisotopic (exact) mass is 197 g/mol. The molecule has 1 atom stereocenters. The van der Waals surface area contributed by atoms with Gasteiger partial charge in [-0.2, -0.15) is 0 Å². The zero-order valence-electron chi connectivity index (χ0n) is 8.14. The Labute approximate surface area is 87.2 Å². The van der Waals surface area contributed by atoms with E-state index in [0.717, 1.165) is 5.35 Å². The zero-order chi connectivity index (χ0) is 10.1. The second-order valence-electron chi connectivity index (χ2n) is 3.59. The summed E-state index contributed by atoms with van der Waals surface area (Å²) in [5.41, 5.74) is 1.18. The molecule has 1 aliphatic heterocycles. The first-order valence-electron chi connectivity index (χ1n) is 4.95. The Balaban J connectivity index is 2.06. The van der Waals surface area contributed by atoms with Crippen LogP contribution in [0.2, 0.25) is 0 Å². The highest BCUT2D eigenvalue weighted by Crippen LogP contribution is 2.13. The number of nitrogens with zero attached hydrogens (tertiary/aromatic N) is 1. The molecule has 2 aromatic heterocycles. The number of rotatable bonds is 1. The van der Waals surface area contributed by atoms with Crippen molar-refractivity contribution in [3.63, 3.8) is 0 Å². The van der Waals surface area contributed by atoms with Crippen LogP contribution in [-0.2, 0) is 0 Å². The Morgan fingerprint density at radius 2 is 2.27 bits per heavy atom. The molecule has 0 aliphatic carbocycles. The molecule has 0 amide bonds. The van der Waals surface area contributed by atoms with Crippen LogP contribution >= 0.6 is 0 Å². The summed E-state index contributed by atoms with van der Waals surface area (Å²) in [6, 6.07) is 6.34. The largest absolute Gasteiger partial charge is 0.379 e. The molecule has 2 aromatic rings. The predicted octanol–water partition coefficient (Wildman–Crippen LogP) is 0.273. The Morgan fingerprint density at radius 1 is 1.27 bits per heavy atom. The first-order chi connectivity index (χ1) is 7.43. The maximum atomic E-state index is 4.12. The molecule has 3 heterocycles. The van der Waals surface area contributed by atoms with Crippen molar-refractivity contribution in [1.82, 2.24) is 15.3 Å². The van der Waals surface area contributed by atoms with Crippen LogP contribution in [0, 0.1) is 0 Å². The number of hydrogen-bond donors (Lipinski definition) is 2. The zero-order valence-corrected chi connectivity index (χ0v) is 8.14. The Bertz CT molecular complexity index is 568. The van der Waals surface area contributed by atoms with Gasteiger partial charge in [0.25, 0.3) is 0 Å². The summed E-state index contributed by atoms with van der Waals surface area (Å²) in [4.78, 5) is 7.29. The van der Waals surface area contributed by atoms with E-state index in [9.17, 15) is 0 Å². The van der Waals surface area contributed by atoms with E-state index >= 15 is 0 Å². The van der Waals surface area contributed by atoms with Crippen LogP contribution in [0.5, 0.6) is 0 Å². The van der Waals surface area contributed by atoms with Gasteiger partial charge in [0, 0.05) is 24.8 Å². The predicted molar refractivity (Wildman–Crippen MR) is 59.1 cm³/mol. The Kier molecular flexibility index (Phi) is 1.81. The van der Waals surface area contributed by atoms with E-state index in [4.69, 9.17) is 0 Å². The molecule has 74 valence electrons. The molecule has 0 bridgehead atoms. The summed E-state index contributed by atoms with van der Waals surface area (Å²) in [5.74, 6) is 0. The third-order valence-electron chi connectivity index (χ3n) is 2.61. The fourth-order valence-electron chi connectivity index (χ4n) is 1.82. The number of nitrogens with one attached hydrogen (secondary N) is 2. The van der Waals surface area contributed by atoms with Crippen LogP contribution in [0.1, 0.15) is 11.6 Å². The van der Waals surface area contributed by atoms with Gasteiger partial charge in [0.15, 0.2) is 0 Å². The molecule has 3 nitrogen and oxygen atoms in total. The summed E-state index contributed by atoms with van der Waals surface area (Å²) < 4.78 is 0. The van der Waals surface area contributed by atoms with Gasteiger partial charge in [0.2, 0.25) is 0 Å². The van der Waals surface area contributed by atoms with Gasteiger partial charge >= 0.3 is 0 Å². The number of pyridine rings is 1. The fourth-order valence-corrected chi connectivity index (χ4v) is 1.82. The average molecular weight is 197 g/mol. The minimum absolute atomic E-state index is 0.224. The summed E-state index contributed by atoms with van der Waals surface area (Å²) in [6.07, 6.45) is 9.83. The fraction of sp³-hybridized carbons (Fsp3) is 0.0833. The molecular weight excluding hydrogens is 186 g/mol. The molecule has 0 aromatic carbocycles. The van der Waals surface area contributed by atoms with Crippen molar-refractivity contribution in [2.24, 2.45) is 0 Å². The van der Waals surface area contributed by atoms with E-state index in [1.165, 1.54) is 10.8 Å². The van der Waals surface area contributed by atoms with Crippen LogP contribution < -0.4 is 15.9 Å². The summed E-state index contributed by atoms with van der Waals surface area (Å²) in [6.45, 7) is 0. The first kappa shape index (κ1) is 8.29. The summed E-state index contributed by atoms with van der Waals surface area (Å²) in [7, 11) is 0. The molecular formula is C12H11N3. The van der Waals surface area contributed by atoms with Gasteiger partial charge in [-0.05, 0) is 29.0 Å². The van der Waals surface area contributed by atoms with Gasteiger partial charge in [-0.1, -0.05) is 6.07 Å². The number of aromatic amines is 1. The third kappa shape index (κ3) is 1.42. The van der Waals surface area contributed by atoms with Crippen molar-refractivity contribution in [3.05, 3.63) is 52.9 Å². The van der Waals surface area contributed by atoms with Gasteiger partial charge < -0.3 is 10.3 Å². The van der Waals surface area contributed by atoms with E-state index in [1.54, 1.807) is 6.20 Å². The topological polar surface area (TPSA) is 40.7 Å². The second-order valence-corrected chi connectivity index (χ2v) is 3.59. The van der Waals surface area contributed by atoms with Crippen molar-refractivity contribution in [3.8, 4) is 0 Å². The highest BCUT2D eigenvalue weighted by atomic mass is 14.9. The van der Waals surface area contributed by atoms with Crippen molar-refractivity contribution in [2.75, 3.05) is 0 Å². The van der Waals surface area contributed by atoms with Crippen molar-refractivity contribution >= 4 is 12.3 Å². The van der Waals surface area contributed by atoms with Crippen LogP contribution in [0.15, 0.2) is 36.8 Å². The Morgan fingerprint density at radius 3 is 3.13 bits per heavy atom. The molecule has 1 aliphatic rings. The quantitative estimate of drug-likeness (QED) is 0.689. The lowest BCUT2D eigenvalue weighted by molar-refractivity contribution is 0.806. The SMILES string of the molecule is C1=c2cc[nH]c2=CNC1c1cccnc1. The van der Waals surface area contributed by atoms with Gasteiger partial charge in [-0.3, -0.25) is 4.98 Å². The van der Waals surface area contributed by atoms with Crippen LogP contribution in [0.25, 0.3) is 12.3 Å². The van der Waals surface area contributed by atoms with Crippen molar-refractivity contribution < 1.29 is 0 Å². The van der Waals surface area contributed by atoms with E-state index in [1.807, 2.05) is 24.7 Å². The van der Waals surface area contributed by atoms with Crippen LogP contribution in [-0.4, -0.2) is 9.97 Å². The standard InChI is InChI=1S/C12H11N3/c1-2-10(7-13-4-1)11-6-9-3-5-14-12(9)8-15-11/h1-8,11,14-15H. The van der Waals surface area contributed by atoms with Gasteiger partial charge in [-0.15, -0.1) is 0 Å². The molecule has 0 saturated carbocycles. The maximum Gasteiger partial charge on any atom is 0.0717 e. The Hall–Kier alpha value is -2.03. The van der Waals surface area contributed by atoms with E-state index in [0.29, 0.717) is 0 Å². The molecule has 1 unspecified atom stereocenters. The van der Waals surface area contributed by atoms with Crippen molar-refractivity contribution in [2.45, 2.75) is 6.04 Å². The molecule has 3 rings (SSSR count). The van der Waals surface area contributed by atoms with Gasteiger partial charge in [0.1, 0.15) is 0 Å². The lowest BCUT2D eigenvalue weighted by Crippen LogP contribution is -2.33. The van der Waals surface area contributed by atoms with Crippen LogP contribution in [0.4, 0.5) is 0 Å². The van der Waals surface area contributed by atoms with E-state index in [2.05, 4.69) is 33.5 Å². The normalized spacial score (nSPS) is 18.3. The van der Waals surface area contributed by atoms with Crippen molar-refractivity contribution in [1.29, 1.82) is 0 Å². The minimum Gasteiger partial charge on any atom is -0.379 e. The molecule has 15 heavy (non-hydrogen) atoms. The van der Waals surface area contributed by atoms with Crippen LogP contribution in [0.3, 0.4) is 0 Å². The average Bonchev–Trinajstić information content (AvgIpc) is 2.77. The lowest BCUT2D eigenvalue weighted by atomic mass is 10.1. The molecule has 0 spiro atoms. The highest BCUT2D eigenvalue weighted by molar-refractivity contribution is 5.44. The molecule has 2 N–H and O–H groups in total. The number of fused-ring (bicyclic) bond motifs is 1. The smallest absolute Gasteiger partial charge is 0.0717 e. The maximum absolute atomic E-state index is 4.12. The summed E-state index contributed by atoms with van der Waals surface area (Å²) >= 11 is 0. The molecule has 0 fully saturated rings. The van der Waals surface area contributed by atoms with E-state index in [-0.39, 0.29) is 6.04 Å². The first-order valence-corrected chi connectivity index (χ1v) is 4.95. The minimum atomic E-state index is 0.224. The molecule has 0 saturated heterocycles. The number of hydrogen-bond acceptors (Lipinski definition) is 2. The molecule has 0 radical (unpaired) electrons.